The smallest absolute Gasteiger partial charge is 0.308 e. The van der Waals surface area contributed by atoms with Crippen LogP contribution in [0.3, 0.4) is 0 Å². The Balaban J connectivity index is 1.94. The summed E-state index contributed by atoms with van der Waals surface area (Å²) >= 11 is 0. The maximum absolute atomic E-state index is 13.4. The van der Waals surface area contributed by atoms with Gasteiger partial charge in [0.1, 0.15) is 6.61 Å². The number of hydrogen-bond donors (Lipinski definition) is 0. The second-order valence-corrected chi connectivity index (χ2v) is 7.43. The van der Waals surface area contributed by atoms with Crippen molar-refractivity contribution in [3.05, 3.63) is 47.5 Å². The number of benzene rings is 2. The van der Waals surface area contributed by atoms with Crippen molar-refractivity contribution in [3.63, 3.8) is 0 Å². The maximum Gasteiger partial charge on any atom is 0.308 e. The van der Waals surface area contributed by atoms with E-state index in [-0.39, 0.29) is 36.1 Å². The van der Waals surface area contributed by atoms with E-state index in [2.05, 4.69) is 0 Å². The topological polar surface area (TPSA) is 114 Å². The van der Waals surface area contributed by atoms with Gasteiger partial charge in [0.2, 0.25) is 0 Å². The first kappa shape index (κ1) is 23.8. The van der Waals surface area contributed by atoms with E-state index >= 15 is 0 Å². The van der Waals surface area contributed by atoms with Crippen molar-refractivity contribution in [2.45, 2.75) is 26.2 Å². The quantitative estimate of drug-likeness (QED) is 0.352. The first-order valence-electron chi connectivity index (χ1n) is 10.2. The number of esters is 3. The number of methoxy groups -OCH3 is 2. The highest BCUT2D eigenvalue weighted by molar-refractivity contribution is 6.00. The second-order valence-electron chi connectivity index (χ2n) is 7.43. The number of Topliss-reactive ketones (excluding diaryl/α,β-unsaturated/α-hetero) is 1. The van der Waals surface area contributed by atoms with Crippen molar-refractivity contribution in [2.75, 3.05) is 20.8 Å². The molecule has 1 aliphatic heterocycles. The first-order chi connectivity index (χ1) is 15.7. The van der Waals surface area contributed by atoms with E-state index < -0.39 is 29.7 Å². The Morgan fingerprint density at radius 2 is 1.42 bits per heavy atom. The van der Waals surface area contributed by atoms with Gasteiger partial charge in [0.05, 0.1) is 26.6 Å². The highest BCUT2D eigenvalue weighted by Crippen LogP contribution is 2.39. The molecule has 3 rings (SSSR count). The van der Waals surface area contributed by atoms with E-state index in [1.165, 1.54) is 46.3 Å². The van der Waals surface area contributed by atoms with E-state index in [4.69, 9.17) is 23.7 Å². The highest BCUT2D eigenvalue weighted by atomic mass is 16.6. The number of ketones is 1. The lowest BCUT2D eigenvalue weighted by molar-refractivity contribution is -0.149. The van der Waals surface area contributed by atoms with E-state index in [0.717, 1.165) is 0 Å². The predicted molar refractivity (Wildman–Crippen MR) is 115 cm³/mol. The minimum absolute atomic E-state index is 0.00482. The maximum atomic E-state index is 13.4. The summed E-state index contributed by atoms with van der Waals surface area (Å²) in [6.07, 6.45) is -0.00482. The van der Waals surface area contributed by atoms with Crippen molar-refractivity contribution in [2.24, 2.45) is 5.92 Å². The SMILES string of the molecule is COc1cc(C(=O)[C@H]2COC(=O)C[C@@H]2c2ccc(OC(C)=O)c(OC)c2)ccc1OC(C)=O. The first-order valence-corrected chi connectivity index (χ1v) is 10.2. The molecule has 1 aliphatic rings. The molecule has 174 valence electrons. The Hall–Kier alpha value is -3.88. The van der Waals surface area contributed by atoms with Gasteiger partial charge in [0, 0.05) is 25.3 Å². The zero-order valence-corrected chi connectivity index (χ0v) is 18.7. The van der Waals surface area contributed by atoms with Crippen molar-refractivity contribution in [1.29, 1.82) is 0 Å². The van der Waals surface area contributed by atoms with Gasteiger partial charge in [-0.15, -0.1) is 0 Å². The van der Waals surface area contributed by atoms with Crippen LogP contribution in [0, 0.1) is 5.92 Å². The molecule has 0 radical (unpaired) electrons. The normalized spacial score (nSPS) is 17.5. The number of cyclic esters (lactones) is 1. The second kappa shape index (κ2) is 10.2. The number of carbonyl (C=O) groups is 4. The average molecular weight is 456 g/mol. The van der Waals surface area contributed by atoms with Gasteiger partial charge < -0.3 is 23.7 Å². The zero-order valence-electron chi connectivity index (χ0n) is 18.7. The van der Waals surface area contributed by atoms with Crippen LogP contribution in [0.5, 0.6) is 23.0 Å². The molecule has 1 heterocycles. The molecular weight excluding hydrogens is 432 g/mol. The van der Waals surface area contributed by atoms with E-state index in [1.807, 2.05) is 0 Å². The van der Waals surface area contributed by atoms with Gasteiger partial charge in [-0.3, -0.25) is 19.2 Å². The van der Waals surface area contributed by atoms with Crippen LogP contribution in [0.15, 0.2) is 36.4 Å². The summed E-state index contributed by atoms with van der Waals surface area (Å²) in [6, 6.07) is 9.39. The fourth-order valence-electron chi connectivity index (χ4n) is 3.72. The van der Waals surface area contributed by atoms with Crippen LogP contribution in [-0.2, 0) is 19.1 Å². The molecule has 0 unspecified atom stereocenters. The van der Waals surface area contributed by atoms with Gasteiger partial charge in [-0.25, -0.2) is 0 Å². The molecule has 1 saturated heterocycles. The number of hydrogen-bond acceptors (Lipinski definition) is 9. The largest absolute Gasteiger partial charge is 0.493 e. The molecule has 9 nitrogen and oxygen atoms in total. The molecule has 0 N–H and O–H groups in total. The van der Waals surface area contributed by atoms with Gasteiger partial charge in [-0.2, -0.15) is 0 Å². The lowest BCUT2D eigenvalue weighted by atomic mass is 9.78. The fourth-order valence-corrected chi connectivity index (χ4v) is 3.72. The van der Waals surface area contributed by atoms with Crippen LogP contribution in [0.4, 0.5) is 0 Å². The van der Waals surface area contributed by atoms with Crippen LogP contribution < -0.4 is 18.9 Å². The Labute approximate surface area is 190 Å². The summed E-state index contributed by atoms with van der Waals surface area (Å²) in [5.74, 6) is -1.89. The van der Waals surface area contributed by atoms with Gasteiger partial charge in [0.15, 0.2) is 28.8 Å². The van der Waals surface area contributed by atoms with Gasteiger partial charge in [-0.05, 0) is 35.9 Å². The van der Waals surface area contributed by atoms with Crippen molar-refractivity contribution in [1.82, 2.24) is 0 Å². The molecule has 0 saturated carbocycles. The Morgan fingerprint density at radius 1 is 0.848 bits per heavy atom. The number of rotatable bonds is 7. The molecule has 33 heavy (non-hydrogen) atoms. The Kier molecular flexibility index (Phi) is 7.32. The fraction of sp³-hybridized carbons (Fsp3) is 0.333. The minimum atomic E-state index is -0.670. The van der Waals surface area contributed by atoms with Gasteiger partial charge in [-0.1, -0.05) is 6.07 Å². The molecule has 2 atom stereocenters. The summed E-state index contributed by atoms with van der Waals surface area (Å²) in [7, 11) is 2.83. The molecule has 2 aromatic rings. The van der Waals surface area contributed by atoms with E-state index in [9.17, 15) is 19.2 Å². The highest BCUT2D eigenvalue weighted by Gasteiger charge is 2.37. The molecule has 0 amide bonds. The van der Waals surface area contributed by atoms with Crippen LogP contribution >= 0.6 is 0 Å². The van der Waals surface area contributed by atoms with Crippen LogP contribution in [0.2, 0.25) is 0 Å². The lowest BCUT2D eigenvalue weighted by Crippen LogP contribution is -2.34. The van der Waals surface area contributed by atoms with Gasteiger partial charge >= 0.3 is 17.9 Å². The van der Waals surface area contributed by atoms with Crippen LogP contribution in [-0.4, -0.2) is 44.5 Å². The van der Waals surface area contributed by atoms with Crippen LogP contribution in [0.25, 0.3) is 0 Å². The average Bonchev–Trinajstić information content (AvgIpc) is 2.78. The molecule has 2 aromatic carbocycles. The molecule has 0 bridgehead atoms. The summed E-state index contributed by atoms with van der Waals surface area (Å²) in [6.45, 7) is 2.45. The van der Waals surface area contributed by atoms with Crippen molar-refractivity contribution >= 4 is 23.7 Å². The molecular formula is C24H24O9. The zero-order chi connectivity index (χ0) is 24.1. The number of carbonyl (C=O) groups excluding carboxylic acids is 4. The van der Waals surface area contributed by atoms with Gasteiger partial charge in [0.25, 0.3) is 0 Å². The summed E-state index contributed by atoms with van der Waals surface area (Å²) < 4.78 is 26.0. The Morgan fingerprint density at radius 3 is 2.00 bits per heavy atom. The molecule has 1 fully saturated rings. The van der Waals surface area contributed by atoms with E-state index in [1.54, 1.807) is 18.2 Å². The third kappa shape index (κ3) is 5.49. The van der Waals surface area contributed by atoms with Crippen LogP contribution in [0.1, 0.15) is 42.1 Å². The molecule has 0 aromatic heterocycles. The predicted octanol–water partition coefficient (Wildman–Crippen LogP) is 3.08. The summed E-state index contributed by atoms with van der Waals surface area (Å²) in [5.41, 5.74) is 0.987. The summed E-state index contributed by atoms with van der Waals surface area (Å²) in [5, 5.41) is 0. The third-order valence-electron chi connectivity index (χ3n) is 5.20. The number of ether oxygens (including phenoxy) is 5. The molecule has 0 spiro atoms. The third-order valence-corrected chi connectivity index (χ3v) is 5.20. The Bertz CT molecular complexity index is 1090. The van der Waals surface area contributed by atoms with Crippen molar-refractivity contribution in [3.8, 4) is 23.0 Å². The molecule has 0 aliphatic carbocycles. The standard InChI is InChI=1S/C24H24O9/c1-13(25)32-19-7-5-15(9-21(19)29-3)17-11-23(27)31-12-18(17)24(28)16-6-8-20(33-14(2)26)22(10-16)30-4/h5-10,17-18H,11-12H2,1-4H3/t17-,18+/m1/s1. The lowest BCUT2D eigenvalue weighted by Gasteiger charge is -2.30. The van der Waals surface area contributed by atoms with E-state index in [0.29, 0.717) is 16.9 Å². The summed E-state index contributed by atoms with van der Waals surface area (Å²) in [4.78, 5) is 48.1. The monoisotopic (exact) mass is 456 g/mol. The van der Waals surface area contributed by atoms with Crippen molar-refractivity contribution < 1.29 is 42.9 Å². The minimum Gasteiger partial charge on any atom is -0.493 e. The molecule has 9 heteroatoms.